The van der Waals surface area contributed by atoms with E-state index in [0.717, 1.165) is 5.92 Å². The molecule has 0 spiro atoms. The van der Waals surface area contributed by atoms with Gasteiger partial charge in [-0.05, 0) is 43.6 Å². The van der Waals surface area contributed by atoms with E-state index in [9.17, 15) is 0 Å². The first kappa shape index (κ1) is 10.7. The molecule has 1 heteroatoms. The Hall–Kier alpha value is -0.820. The van der Waals surface area contributed by atoms with Gasteiger partial charge in [0.25, 0.3) is 0 Å². The fourth-order valence-corrected chi connectivity index (χ4v) is 2.11. The highest BCUT2D eigenvalue weighted by Crippen LogP contribution is 2.33. The predicted molar refractivity (Wildman–Crippen MR) is 64.7 cm³/mol. The van der Waals surface area contributed by atoms with Gasteiger partial charge in [-0.15, -0.1) is 0 Å². The zero-order valence-corrected chi connectivity index (χ0v) is 9.36. The molecule has 1 unspecified atom stereocenters. The van der Waals surface area contributed by atoms with Crippen molar-refractivity contribution in [3.05, 3.63) is 35.9 Å². The Kier molecular flexibility index (Phi) is 3.79. The number of unbranched alkanes of at least 4 members (excludes halogenated alkanes) is 1. The second kappa shape index (κ2) is 5.32. The SMILES string of the molecule is NC(CCCCc1ccccc1)C1CC1. The lowest BCUT2D eigenvalue weighted by Crippen LogP contribution is -2.21. The number of aryl methyl sites for hydroxylation is 1. The summed E-state index contributed by atoms with van der Waals surface area (Å²) in [5, 5.41) is 0. The summed E-state index contributed by atoms with van der Waals surface area (Å²) in [5.74, 6) is 0.863. The molecule has 1 fully saturated rings. The molecule has 1 aliphatic carbocycles. The van der Waals surface area contributed by atoms with Crippen LogP contribution in [0.3, 0.4) is 0 Å². The van der Waals surface area contributed by atoms with Gasteiger partial charge in [0, 0.05) is 6.04 Å². The second-order valence-electron chi connectivity index (χ2n) is 4.73. The molecule has 0 aliphatic heterocycles. The van der Waals surface area contributed by atoms with E-state index in [2.05, 4.69) is 30.3 Å². The molecule has 1 atom stereocenters. The third-order valence-corrected chi connectivity index (χ3v) is 3.32. The van der Waals surface area contributed by atoms with Gasteiger partial charge in [0.2, 0.25) is 0 Å². The Balaban J connectivity index is 1.58. The molecule has 0 bridgehead atoms. The van der Waals surface area contributed by atoms with Gasteiger partial charge in [-0.2, -0.15) is 0 Å². The standard InChI is InChI=1S/C14H21N/c15-14(13-10-11-13)9-5-4-8-12-6-2-1-3-7-12/h1-3,6-7,13-14H,4-5,8-11,15H2. The lowest BCUT2D eigenvalue weighted by molar-refractivity contribution is 0.516. The zero-order valence-electron chi connectivity index (χ0n) is 9.36. The largest absolute Gasteiger partial charge is 0.327 e. The average Bonchev–Trinajstić information content (AvgIpc) is 3.09. The molecule has 1 aromatic carbocycles. The molecule has 2 rings (SSSR count). The van der Waals surface area contributed by atoms with Crippen LogP contribution in [0.1, 0.15) is 37.7 Å². The maximum atomic E-state index is 6.06. The molecule has 1 aromatic rings. The van der Waals surface area contributed by atoms with Gasteiger partial charge >= 0.3 is 0 Å². The topological polar surface area (TPSA) is 26.0 Å². The van der Waals surface area contributed by atoms with Crippen molar-refractivity contribution in [1.82, 2.24) is 0 Å². The second-order valence-corrected chi connectivity index (χ2v) is 4.73. The van der Waals surface area contributed by atoms with Gasteiger partial charge in [-0.1, -0.05) is 36.8 Å². The van der Waals surface area contributed by atoms with Crippen LogP contribution in [-0.2, 0) is 6.42 Å². The fourth-order valence-electron chi connectivity index (χ4n) is 2.11. The van der Waals surface area contributed by atoms with Crippen LogP contribution in [0.15, 0.2) is 30.3 Å². The third kappa shape index (κ3) is 3.67. The van der Waals surface area contributed by atoms with Crippen molar-refractivity contribution in [2.45, 2.75) is 44.6 Å². The highest BCUT2D eigenvalue weighted by molar-refractivity contribution is 5.14. The van der Waals surface area contributed by atoms with E-state index in [1.165, 1.54) is 44.1 Å². The Morgan fingerprint density at radius 1 is 1.13 bits per heavy atom. The first-order valence-corrected chi connectivity index (χ1v) is 6.16. The van der Waals surface area contributed by atoms with Gasteiger partial charge < -0.3 is 5.73 Å². The van der Waals surface area contributed by atoms with Gasteiger partial charge in [0.15, 0.2) is 0 Å². The fraction of sp³-hybridized carbons (Fsp3) is 0.571. The maximum Gasteiger partial charge on any atom is 0.00671 e. The number of nitrogens with two attached hydrogens (primary N) is 1. The molecule has 0 saturated heterocycles. The summed E-state index contributed by atoms with van der Waals surface area (Å²) in [6.07, 6.45) is 7.74. The minimum Gasteiger partial charge on any atom is -0.327 e. The van der Waals surface area contributed by atoms with Crippen LogP contribution in [0.4, 0.5) is 0 Å². The van der Waals surface area contributed by atoms with E-state index in [-0.39, 0.29) is 0 Å². The summed E-state index contributed by atoms with van der Waals surface area (Å²) in [6, 6.07) is 11.2. The number of rotatable bonds is 6. The van der Waals surface area contributed by atoms with Gasteiger partial charge in [0.1, 0.15) is 0 Å². The Morgan fingerprint density at radius 2 is 1.87 bits per heavy atom. The summed E-state index contributed by atoms with van der Waals surface area (Å²) in [6.45, 7) is 0. The van der Waals surface area contributed by atoms with E-state index in [4.69, 9.17) is 5.73 Å². The van der Waals surface area contributed by atoms with Gasteiger partial charge in [-0.3, -0.25) is 0 Å². The molecule has 82 valence electrons. The number of hydrogen-bond acceptors (Lipinski definition) is 1. The van der Waals surface area contributed by atoms with Gasteiger partial charge in [-0.25, -0.2) is 0 Å². The first-order chi connectivity index (χ1) is 7.36. The molecular weight excluding hydrogens is 182 g/mol. The quantitative estimate of drug-likeness (QED) is 0.706. The van der Waals surface area contributed by atoms with E-state index in [1.807, 2.05) is 0 Å². The Bertz CT molecular complexity index is 277. The highest BCUT2D eigenvalue weighted by Gasteiger charge is 2.27. The molecule has 0 radical (unpaired) electrons. The normalized spacial score (nSPS) is 17.7. The van der Waals surface area contributed by atoms with Crippen molar-refractivity contribution in [3.63, 3.8) is 0 Å². The van der Waals surface area contributed by atoms with E-state index in [0.29, 0.717) is 6.04 Å². The van der Waals surface area contributed by atoms with Crippen LogP contribution in [-0.4, -0.2) is 6.04 Å². The van der Waals surface area contributed by atoms with Crippen LogP contribution in [0.25, 0.3) is 0 Å². The molecular formula is C14H21N. The smallest absolute Gasteiger partial charge is 0.00671 e. The maximum absolute atomic E-state index is 6.06. The molecule has 2 N–H and O–H groups in total. The van der Waals surface area contributed by atoms with E-state index >= 15 is 0 Å². The van der Waals surface area contributed by atoms with E-state index in [1.54, 1.807) is 0 Å². The van der Waals surface area contributed by atoms with Crippen molar-refractivity contribution in [1.29, 1.82) is 0 Å². The number of benzene rings is 1. The Labute approximate surface area is 92.7 Å². The lowest BCUT2D eigenvalue weighted by Gasteiger charge is -2.09. The summed E-state index contributed by atoms with van der Waals surface area (Å²) >= 11 is 0. The molecule has 1 aliphatic rings. The van der Waals surface area contributed by atoms with Crippen molar-refractivity contribution in [2.24, 2.45) is 11.7 Å². The average molecular weight is 203 g/mol. The van der Waals surface area contributed by atoms with Crippen molar-refractivity contribution in [2.75, 3.05) is 0 Å². The summed E-state index contributed by atoms with van der Waals surface area (Å²) in [4.78, 5) is 0. The molecule has 1 saturated carbocycles. The molecule has 0 aromatic heterocycles. The van der Waals surface area contributed by atoms with Crippen molar-refractivity contribution in [3.8, 4) is 0 Å². The monoisotopic (exact) mass is 203 g/mol. The lowest BCUT2D eigenvalue weighted by atomic mass is 10.0. The highest BCUT2D eigenvalue weighted by atomic mass is 14.7. The van der Waals surface area contributed by atoms with Crippen LogP contribution in [0.5, 0.6) is 0 Å². The van der Waals surface area contributed by atoms with Crippen molar-refractivity contribution >= 4 is 0 Å². The Morgan fingerprint density at radius 3 is 2.53 bits per heavy atom. The van der Waals surface area contributed by atoms with Crippen molar-refractivity contribution < 1.29 is 0 Å². The van der Waals surface area contributed by atoms with Crippen LogP contribution >= 0.6 is 0 Å². The minimum absolute atomic E-state index is 0.487. The number of hydrogen-bond donors (Lipinski definition) is 1. The summed E-state index contributed by atoms with van der Waals surface area (Å²) in [7, 11) is 0. The molecule has 0 amide bonds. The van der Waals surface area contributed by atoms with Crippen LogP contribution in [0.2, 0.25) is 0 Å². The summed E-state index contributed by atoms with van der Waals surface area (Å²) in [5.41, 5.74) is 7.51. The minimum atomic E-state index is 0.487. The van der Waals surface area contributed by atoms with Crippen LogP contribution < -0.4 is 5.73 Å². The van der Waals surface area contributed by atoms with Gasteiger partial charge in [0.05, 0.1) is 0 Å². The molecule has 15 heavy (non-hydrogen) atoms. The van der Waals surface area contributed by atoms with Crippen LogP contribution in [0, 0.1) is 5.92 Å². The zero-order chi connectivity index (χ0) is 10.5. The molecule has 1 nitrogen and oxygen atoms in total. The summed E-state index contributed by atoms with van der Waals surface area (Å²) < 4.78 is 0. The third-order valence-electron chi connectivity index (χ3n) is 3.32. The predicted octanol–water partition coefficient (Wildman–Crippen LogP) is 3.14. The van der Waals surface area contributed by atoms with E-state index < -0.39 is 0 Å². The first-order valence-electron chi connectivity index (χ1n) is 6.16. The molecule has 0 heterocycles.